The lowest BCUT2D eigenvalue weighted by Crippen LogP contribution is -2.32. The number of carbonyl (C=O) groups excluding carboxylic acids is 1. The number of methoxy groups -OCH3 is 2. The molecule has 0 radical (unpaired) electrons. The van der Waals surface area contributed by atoms with Crippen LogP contribution in [0.25, 0.3) is 0 Å². The van der Waals surface area contributed by atoms with Crippen LogP contribution in [0, 0.1) is 0 Å². The van der Waals surface area contributed by atoms with Gasteiger partial charge in [-0.3, -0.25) is 4.79 Å². The summed E-state index contributed by atoms with van der Waals surface area (Å²) in [6.07, 6.45) is 0.845. The first kappa shape index (κ1) is 15.6. The van der Waals surface area contributed by atoms with Crippen LogP contribution in [-0.4, -0.2) is 44.2 Å². The van der Waals surface area contributed by atoms with Crippen LogP contribution in [0.4, 0.5) is 0 Å². The SMILES string of the molecule is COc1ccc(OC)c(C(=O)N2CC[C@H](N)C2)c1.Cl. The van der Waals surface area contributed by atoms with Gasteiger partial charge in [0.05, 0.1) is 19.8 Å². The van der Waals surface area contributed by atoms with Crippen LogP contribution >= 0.6 is 12.4 Å². The van der Waals surface area contributed by atoms with Crippen LogP contribution in [0.1, 0.15) is 16.8 Å². The van der Waals surface area contributed by atoms with Gasteiger partial charge in [-0.1, -0.05) is 0 Å². The largest absolute Gasteiger partial charge is 0.497 e. The Morgan fingerprint density at radius 2 is 2.11 bits per heavy atom. The van der Waals surface area contributed by atoms with Crippen molar-refractivity contribution in [2.75, 3.05) is 27.3 Å². The molecule has 2 rings (SSSR count). The third-order valence-corrected chi connectivity index (χ3v) is 3.15. The number of ether oxygens (including phenoxy) is 2. The first-order valence-electron chi connectivity index (χ1n) is 5.92. The van der Waals surface area contributed by atoms with Crippen LogP contribution in [0.5, 0.6) is 11.5 Å². The monoisotopic (exact) mass is 286 g/mol. The first-order valence-corrected chi connectivity index (χ1v) is 5.92. The predicted molar refractivity (Wildman–Crippen MR) is 75.3 cm³/mol. The molecule has 1 aliphatic rings. The quantitative estimate of drug-likeness (QED) is 0.910. The molecule has 1 atom stereocenters. The minimum absolute atomic E-state index is 0. The van der Waals surface area contributed by atoms with Crippen molar-refractivity contribution in [1.82, 2.24) is 4.90 Å². The number of benzene rings is 1. The summed E-state index contributed by atoms with van der Waals surface area (Å²) < 4.78 is 10.4. The molecular weight excluding hydrogens is 268 g/mol. The average Bonchev–Trinajstić information content (AvgIpc) is 2.83. The van der Waals surface area contributed by atoms with Gasteiger partial charge in [0.2, 0.25) is 0 Å². The zero-order chi connectivity index (χ0) is 13.1. The number of halogens is 1. The molecule has 1 fully saturated rings. The molecule has 0 saturated carbocycles. The van der Waals surface area contributed by atoms with Crippen LogP contribution in [0.2, 0.25) is 0 Å². The van der Waals surface area contributed by atoms with E-state index < -0.39 is 0 Å². The molecule has 0 aliphatic carbocycles. The second-order valence-corrected chi connectivity index (χ2v) is 4.37. The Hall–Kier alpha value is -1.46. The number of rotatable bonds is 3. The van der Waals surface area contributed by atoms with Crippen LogP contribution in [-0.2, 0) is 0 Å². The van der Waals surface area contributed by atoms with Gasteiger partial charge >= 0.3 is 0 Å². The first-order chi connectivity index (χ1) is 8.65. The predicted octanol–water partition coefficient (Wildman–Crippen LogP) is 1.30. The summed E-state index contributed by atoms with van der Waals surface area (Å²) in [5, 5.41) is 0. The van der Waals surface area contributed by atoms with E-state index in [0.717, 1.165) is 6.42 Å². The minimum atomic E-state index is -0.0568. The molecule has 0 spiro atoms. The maximum Gasteiger partial charge on any atom is 0.257 e. The summed E-state index contributed by atoms with van der Waals surface area (Å²) in [4.78, 5) is 14.1. The van der Waals surface area contributed by atoms with Crippen molar-refractivity contribution < 1.29 is 14.3 Å². The molecule has 19 heavy (non-hydrogen) atoms. The summed E-state index contributed by atoms with van der Waals surface area (Å²) in [7, 11) is 3.12. The number of hydrogen-bond acceptors (Lipinski definition) is 4. The Morgan fingerprint density at radius 1 is 1.37 bits per heavy atom. The van der Waals surface area contributed by atoms with E-state index in [0.29, 0.717) is 30.2 Å². The standard InChI is InChI=1S/C13H18N2O3.ClH/c1-17-10-3-4-12(18-2)11(7-10)13(16)15-6-5-9(14)8-15;/h3-4,7,9H,5-6,8,14H2,1-2H3;1H/t9-;/m0./s1. The van der Waals surface area contributed by atoms with Gasteiger partial charge in [-0.25, -0.2) is 0 Å². The topological polar surface area (TPSA) is 64.8 Å². The summed E-state index contributed by atoms with van der Waals surface area (Å²) in [5.74, 6) is 1.14. The molecule has 1 aliphatic heterocycles. The molecule has 2 N–H and O–H groups in total. The van der Waals surface area contributed by atoms with Gasteiger partial charge < -0.3 is 20.1 Å². The summed E-state index contributed by atoms with van der Waals surface area (Å²) in [5.41, 5.74) is 6.34. The van der Waals surface area contributed by atoms with Gasteiger partial charge in [-0.2, -0.15) is 0 Å². The number of amides is 1. The Bertz CT molecular complexity index is 454. The third-order valence-electron chi connectivity index (χ3n) is 3.15. The van der Waals surface area contributed by atoms with Crippen LogP contribution in [0.3, 0.4) is 0 Å². The van der Waals surface area contributed by atoms with E-state index in [-0.39, 0.29) is 24.4 Å². The zero-order valence-corrected chi connectivity index (χ0v) is 11.9. The fourth-order valence-corrected chi connectivity index (χ4v) is 2.12. The van der Waals surface area contributed by atoms with Crippen molar-refractivity contribution in [3.63, 3.8) is 0 Å². The Kier molecular flexibility index (Phi) is 5.44. The molecule has 1 amide bonds. The zero-order valence-electron chi connectivity index (χ0n) is 11.1. The van der Waals surface area contributed by atoms with E-state index >= 15 is 0 Å². The Balaban J connectivity index is 0.00000180. The number of nitrogens with two attached hydrogens (primary N) is 1. The van der Waals surface area contributed by atoms with Crippen molar-refractivity contribution in [3.05, 3.63) is 23.8 Å². The number of hydrogen-bond donors (Lipinski definition) is 1. The van der Waals surface area contributed by atoms with Crippen molar-refractivity contribution in [3.8, 4) is 11.5 Å². The molecule has 6 heteroatoms. The van der Waals surface area contributed by atoms with Crippen molar-refractivity contribution in [2.45, 2.75) is 12.5 Å². The van der Waals surface area contributed by atoms with Gasteiger partial charge in [0.15, 0.2) is 0 Å². The average molecular weight is 287 g/mol. The maximum absolute atomic E-state index is 12.4. The molecule has 1 aromatic rings. The number of carbonyl (C=O) groups is 1. The molecule has 1 saturated heterocycles. The lowest BCUT2D eigenvalue weighted by molar-refractivity contribution is 0.0787. The lowest BCUT2D eigenvalue weighted by atomic mass is 10.1. The summed E-state index contributed by atoms with van der Waals surface area (Å²) in [6.45, 7) is 1.29. The molecule has 5 nitrogen and oxygen atoms in total. The van der Waals surface area contributed by atoms with Gasteiger partial charge in [0.25, 0.3) is 5.91 Å². The van der Waals surface area contributed by atoms with Crippen molar-refractivity contribution >= 4 is 18.3 Å². The highest BCUT2D eigenvalue weighted by Gasteiger charge is 2.26. The van der Waals surface area contributed by atoms with E-state index in [9.17, 15) is 4.79 Å². The minimum Gasteiger partial charge on any atom is -0.497 e. The molecule has 1 heterocycles. The Morgan fingerprint density at radius 3 is 2.63 bits per heavy atom. The third kappa shape index (κ3) is 3.30. The molecule has 1 aromatic carbocycles. The maximum atomic E-state index is 12.4. The smallest absolute Gasteiger partial charge is 0.257 e. The van der Waals surface area contributed by atoms with Crippen molar-refractivity contribution in [2.24, 2.45) is 5.73 Å². The fraction of sp³-hybridized carbons (Fsp3) is 0.462. The van der Waals surface area contributed by atoms with E-state index in [4.69, 9.17) is 15.2 Å². The van der Waals surface area contributed by atoms with E-state index in [1.54, 1.807) is 37.3 Å². The molecule has 106 valence electrons. The van der Waals surface area contributed by atoms with Gasteiger partial charge in [-0.05, 0) is 24.6 Å². The normalized spacial score (nSPS) is 17.8. The molecule has 0 unspecified atom stereocenters. The second-order valence-electron chi connectivity index (χ2n) is 4.37. The molecule has 0 bridgehead atoms. The fourth-order valence-electron chi connectivity index (χ4n) is 2.12. The molecular formula is C13H19ClN2O3. The Labute approximate surface area is 119 Å². The highest BCUT2D eigenvalue weighted by Crippen LogP contribution is 2.26. The molecule has 0 aromatic heterocycles. The summed E-state index contributed by atoms with van der Waals surface area (Å²) >= 11 is 0. The van der Waals surface area contributed by atoms with Crippen molar-refractivity contribution in [1.29, 1.82) is 0 Å². The van der Waals surface area contributed by atoms with E-state index in [1.165, 1.54) is 0 Å². The van der Waals surface area contributed by atoms with Gasteiger partial charge in [-0.15, -0.1) is 12.4 Å². The van der Waals surface area contributed by atoms with E-state index in [2.05, 4.69) is 0 Å². The van der Waals surface area contributed by atoms with E-state index in [1.807, 2.05) is 0 Å². The highest BCUT2D eigenvalue weighted by atomic mass is 35.5. The second kappa shape index (κ2) is 6.63. The lowest BCUT2D eigenvalue weighted by Gasteiger charge is -2.18. The van der Waals surface area contributed by atoms with Gasteiger partial charge in [0, 0.05) is 19.1 Å². The van der Waals surface area contributed by atoms with Gasteiger partial charge in [0.1, 0.15) is 11.5 Å². The number of likely N-dealkylation sites (tertiary alicyclic amines) is 1. The number of nitrogens with zero attached hydrogens (tertiary/aromatic N) is 1. The van der Waals surface area contributed by atoms with Crippen LogP contribution in [0.15, 0.2) is 18.2 Å². The highest BCUT2D eigenvalue weighted by molar-refractivity contribution is 5.97. The summed E-state index contributed by atoms with van der Waals surface area (Å²) in [6, 6.07) is 5.28. The van der Waals surface area contributed by atoms with Crippen LogP contribution < -0.4 is 15.2 Å².